The Morgan fingerprint density at radius 3 is 2.56 bits per heavy atom. The third-order valence-electron chi connectivity index (χ3n) is 6.00. The molecule has 4 rings (SSSR count). The highest BCUT2D eigenvalue weighted by Crippen LogP contribution is 2.38. The summed E-state index contributed by atoms with van der Waals surface area (Å²) in [5.41, 5.74) is 5.28. The predicted octanol–water partition coefficient (Wildman–Crippen LogP) is 4.80. The van der Waals surface area contributed by atoms with Crippen molar-refractivity contribution < 1.29 is 14.3 Å². The summed E-state index contributed by atoms with van der Waals surface area (Å²) in [7, 11) is 1.64. The lowest BCUT2D eigenvalue weighted by molar-refractivity contribution is 0.0458. The Kier molecular flexibility index (Phi) is 6.82. The van der Waals surface area contributed by atoms with Crippen LogP contribution in [0.15, 0.2) is 42.5 Å². The van der Waals surface area contributed by atoms with Crippen molar-refractivity contribution in [3.05, 3.63) is 64.3 Å². The Labute approximate surface area is 193 Å². The van der Waals surface area contributed by atoms with Crippen LogP contribution >= 0.6 is 11.6 Å². The maximum atomic E-state index is 13.0. The number of hydrogen-bond donors (Lipinski definition) is 0. The van der Waals surface area contributed by atoms with Gasteiger partial charge in [-0.1, -0.05) is 31.5 Å². The van der Waals surface area contributed by atoms with Gasteiger partial charge in [0.1, 0.15) is 12.4 Å². The minimum Gasteiger partial charge on any atom is -0.497 e. The van der Waals surface area contributed by atoms with E-state index in [1.54, 1.807) is 7.11 Å². The van der Waals surface area contributed by atoms with Gasteiger partial charge in [0.05, 0.1) is 18.5 Å². The quantitative estimate of drug-likeness (QED) is 0.458. The van der Waals surface area contributed by atoms with E-state index in [0.717, 1.165) is 53.3 Å². The number of carbonyl (C=O) groups excluding carboxylic acids is 1. The Bertz CT molecular complexity index is 1100. The lowest BCUT2D eigenvalue weighted by Crippen LogP contribution is -2.28. The molecular weight excluding hydrogens is 426 g/mol. The highest BCUT2D eigenvalue weighted by molar-refractivity contribution is 6.30. The SMILES string of the molecule is CCN(CC)CCOC(=O)c1nn(-c2ccc(OC)cc2)c2c1CCc1cc(Cl)ccc1-2. The molecule has 0 radical (unpaired) electrons. The van der Waals surface area contributed by atoms with E-state index in [1.165, 1.54) is 0 Å². The van der Waals surface area contributed by atoms with Gasteiger partial charge in [0.15, 0.2) is 5.69 Å². The standard InChI is InChI=1S/C25H28ClN3O3/c1-4-28(5-2)14-15-32-25(30)23-22-12-6-17-16-18(26)7-13-21(17)24(22)29(27-23)19-8-10-20(31-3)11-9-19/h7-11,13,16H,4-6,12,14-15H2,1-3H3. The average molecular weight is 454 g/mol. The van der Waals surface area contributed by atoms with Gasteiger partial charge in [-0.2, -0.15) is 5.10 Å². The number of rotatable bonds is 8. The number of likely N-dealkylation sites (N-methyl/N-ethyl adjacent to an activating group) is 1. The number of fused-ring (bicyclic) bond motifs is 3. The summed E-state index contributed by atoms with van der Waals surface area (Å²) in [4.78, 5) is 15.2. The van der Waals surface area contributed by atoms with Crippen LogP contribution in [0.5, 0.6) is 5.75 Å². The molecule has 2 aromatic carbocycles. The van der Waals surface area contributed by atoms with E-state index >= 15 is 0 Å². The van der Waals surface area contributed by atoms with Gasteiger partial charge >= 0.3 is 5.97 Å². The molecule has 168 valence electrons. The van der Waals surface area contributed by atoms with Crippen LogP contribution in [-0.4, -0.2) is 54.0 Å². The maximum absolute atomic E-state index is 13.0. The molecule has 0 saturated heterocycles. The molecule has 0 N–H and O–H groups in total. The van der Waals surface area contributed by atoms with E-state index in [4.69, 9.17) is 26.2 Å². The molecule has 0 unspecified atom stereocenters. The lowest BCUT2D eigenvalue weighted by Gasteiger charge is -2.19. The van der Waals surface area contributed by atoms with Crippen molar-refractivity contribution >= 4 is 17.6 Å². The normalized spacial score (nSPS) is 12.4. The van der Waals surface area contributed by atoms with Crippen molar-refractivity contribution in [1.29, 1.82) is 0 Å². The van der Waals surface area contributed by atoms with E-state index in [9.17, 15) is 4.79 Å². The number of halogens is 1. The van der Waals surface area contributed by atoms with Gasteiger partial charge in [-0.15, -0.1) is 0 Å². The first-order valence-electron chi connectivity index (χ1n) is 11.0. The second-order valence-electron chi connectivity index (χ2n) is 7.75. The summed E-state index contributed by atoms with van der Waals surface area (Å²) in [5, 5.41) is 5.44. The molecular formula is C25H28ClN3O3. The highest BCUT2D eigenvalue weighted by Gasteiger charge is 2.29. The minimum absolute atomic E-state index is 0.344. The number of carbonyl (C=O) groups is 1. The van der Waals surface area contributed by atoms with Gasteiger partial charge < -0.3 is 14.4 Å². The molecule has 0 spiro atoms. The molecule has 0 fully saturated rings. The van der Waals surface area contributed by atoms with Crippen molar-refractivity contribution in [3.8, 4) is 22.7 Å². The molecule has 32 heavy (non-hydrogen) atoms. The van der Waals surface area contributed by atoms with Gasteiger partial charge in [0.25, 0.3) is 0 Å². The number of ether oxygens (including phenoxy) is 2. The Morgan fingerprint density at radius 2 is 1.88 bits per heavy atom. The topological polar surface area (TPSA) is 56.6 Å². The predicted molar refractivity (Wildman–Crippen MR) is 126 cm³/mol. The van der Waals surface area contributed by atoms with E-state index in [0.29, 0.717) is 30.3 Å². The fraction of sp³-hybridized carbons (Fsp3) is 0.360. The molecule has 0 atom stereocenters. The molecule has 0 aliphatic heterocycles. The molecule has 1 aromatic heterocycles. The molecule has 0 saturated carbocycles. The summed E-state index contributed by atoms with van der Waals surface area (Å²) in [6.45, 7) is 7.10. The van der Waals surface area contributed by atoms with Gasteiger partial charge in [-0.05, 0) is 67.9 Å². The second kappa shape index (κ2) is 9.76. The van der Waals surface area contributed by atoms with Gasteiger partial charge in [-0.3, -0.25) is 0 Å². The zero-order valence-electron chi connectivity index (χ0n) is 18.7. The molecule has 1 aliphatic carbocycles. The third-order valence-corrected chi connectivity index (χ3v) is 6.23. The van der Waals surface area contributed by atoms with Crippen molar-refractivity contribution in [3.63, 3.8) is 0 Å². The molecule has 0 bridgehead atoms. The van der Waals surface area contributed by atoms with E-state index < -0.39 is 0 Å². The number of methoxy groups -OCH3 is 1. The molecule has 3 aromatic rings. The van der Waals surface area contributed by atoms with E-state index in [1.807, 2.05) is 47.1 Å². The second-order valence-corrected chi connectivity index (χ2v) is 8.19. The molecule has 1 heterocycles. The average Bonchev–Trinajstić information content (AvgIpc) is 3.21. The zero-order chi connectivity index (χ0) is 22.7. The van der Waals surface area contributed by atoms with Crippen molar-refractivity contribution in [2.24, 2.45) is 0 Å². The summed E-state index contributed by atoms with van der Waals surface area (Å²) >= 11 is 6.24. The summed E-state index contributed by atoms with van der Waals surface area (Å²) in [5.74, 6) is 0.385. The van der Waals surface area contributed by atoms with E-state index in [-0.39, 0.29) is 5.97 Å². The monoisotopic (exact) mass is 453 g/mol. The molecule has 7 heteroatoms. The summed E-state index contributed by atoms with van der Waals surface area (Å²) in [6.07, 6.45) is 1.51. The number of benzene rings is 2. The van der Waals surface area contributed by atoms with E-state index in [2.05, 4.69) is 18.7 Å². The van der Waals surface area contributed by atoms with Crippen molar-refractivity contribution in [2.45, 2.75) is 26.7 Å². The Morgan fingerprint density at radius 1 is 1.12 bits per heavy atom. The van der Waals surface area contributed by atoms with Crippen LogP contribution in [-0.2, 0) is 17.6 Å². The van der Waals surface area contributed by atoms with Crippen LogP contribution in [0, 0.1) is 0 Å². The van der Waals surface area contributed by atoms with Gasteiger partial charge in [0.2, 0.25) is 0 Å². The zero-order valence-corrected chi connectivity index (χ0v) is 19.5. The number of aryl methyl sites for hydroxylation is 1. The summed E-state index contributed by atoms with van der Waals surface area (Å²) in [6, 6.07) is 13.5. The largest absolute Gasteiger partial charge is 0.497 e. The fourth-order valence-electron chi connectivity index (χ4n) is 4.17. The first kappa shape index (κ1) is 22.4. The molecule has 1 aliphatic rings. The molecule has 0 amide bonds. The number of aromatic nitrogens is 2. The van der Waals surface area contributed by atoms with Crippen LogP contribution in [0.25, 0.3) is 16.9 Å². The minimum atomic E-state index is -0.377. The summed E-state index contributed by atoms with van der Waals surface area (Å²) < 4.78 is 12.7. The van der Waals surface area contributed by atoms with Crippen molar-refractivity contribution in [1.82, 2.24) is 14.7 Å². The van der Waals surface area contributed by atoms with Gasteiger partial charge in [0, 0.05) is 22.7 Å². The molecule has 6 nitrogen and oxygen atoms in total. The first-order valence-corrected chi connectivity index (χ1v) is 11.4. The Hall–Kier alpha value is -2.83. The Balaban J connectivity index is 1.73. The van der Waals surface area contributed by atoms with Crippen LogP contribution < -0.4 is 4.74 Å². The van der Waals surface area contributed by atoms with Crippen LogP contribution in [0.3, 0.4) is 0 Å². The van der Waals surface area contributed by atoms with Crippen LogP contribution in [0.4, 0.5) is 0 Å². The maximum Gasteiger partial charge on any atom is 0.359 e. The lowest BCUT2D eigenvalue weighted by atomic mass is 9.89. The third kappa shape index (κ3) is 4.38. The van der Waals surface area contributed by atoms with Gasteiger partial charge in [-0.25, -0.2) is 9.48 Å². The number of esters is 1. The number of nitrogens with zero attached hydrogens (tertiary/aromatic N) is 3. The number of hydrogen-bond acceptors (Lipinski definition) is 5. The van der Waals surface area contributed by atoms with Crippen molar-refractivity contribution in [2.75, 3.05) is 33.4 Å². The smallest absolute Gasteiger partial charge is 0.359 e. The highest BCUT2D eigenvalue weighted by atomic mass is 35.5. The van der Waals surface area contributed by atoms with Crippen LogP contribution in [0.1, 0.15) is 35.5 Å². The first-order chi connectivity index (χ1) is 15.5. The van der Waals surface area contributed by atoms with Crippen LogP contribution in [0.2, 0.25) is 5.02 Å². The fourth-order valence-corrected chi connectivity index (χ4v) is 4.37.